The fourth-order valence-corrected chi connectivity index (χ4v) is 3.28. The Bertz CT molecular complexity index is 987. The predicted octanol–water partition coefficient (Wildman–Crippen LogP) is 4.41. The van der Waals surface area contributed by atoms with Crippen LogP contribution in [-0.4, -0.2) is 18.4 Å². The van der Waals surface area contributed by atoms with Crippen LogP contribution in [0.1, 0.15) is 34.0 Å². The van der Waals surface area contributed by atoms with Gasteiger partial charge in [-0.15, -0.1) is 0 Å². The lowest BCUT2D eigenvalue weighted by Crippen LogP contribution is -2.16. The van der Waals surface area contributed by atoms with Gasteiger partial charge in [0.1, 0.15) is 11.4 Å². The molecule has 0 bridgehead atoms. The third kappa shape index (κ3) is 3.01. The molecule has 2 atom stereocenters. The van der Waals surface area contributed by atoms with E-state index in [9.17, 15) is 14.0 Å². The SMILES string of the molecule is Cc1c(C(=O)COC(=O)C2CC2c2ccc(F)cc2)oc2ccccc12. The van der Waals surface area contributed by atoms with Gasteiger partial charge in [-0.1, -0.05) is 30.3 Å². The Morgan fingerprint density at radius 2 is 1.88 bits per heavy atom. The molecule has 0 radical (unpaired) electrons. The van der Waals surface area contributed by atoms with Gasteiger partial charge >= 0.3 is 5.97 Å². The lowest BCUT2D eigenvalue weighted by atomic mass is 10.1. The van der Waals surface area contributed by atoms with Gasteiger partial charge in [0.05, 0.1) is 5.92 Å². The smallest absolute Gasteiger partial charge is 0.310 e. The molecule has 3 aromatic rings. The molecule has 1 fully saturated rings. The van der Waals surface area contributed by atoms with E-state index in [1.165, 1.54) is 12.1 Å². The average Bonchev–Trinajstić information content (AvgIpc) is 3.38. The number of furan rings is 1. The minimum atomic E-state index is -0.401. The second-order valence-corrected chi connectivity index (χ2v) is 6.58. The molecule has 26 heavy (non-hydrogen) atoms. The molecule has 132 valence electrons. The molecule has 0 saturated heterocycles. The number of halogens is 1. The van der Waals surface area contributed by atoms with Crippen molar-refractivity contribution in [2.24, 2.45) is 5.92 Å². The van der Waals surface area contributed by atoms with Crippen LogP contribution in [0.15, 0.2) is 52.9 Å². The van der Waals surface area contributed by atoms with Crippen molar-refractivity contribution in [2.75, 3.05) is 6.61 Å². The minimum absolute atomic E-state index is 0.0335. The van der Waals surface area contributed by atoms with E-state index in [2.05, 4.69) is 0 Å². The molecule has 1 aliphatic carbocycles. The van der Waals surface area contributed by atoms with Crippen molar-refractivity contribution in [2.45, 2.75) is 19.3 Å². The zero-order chi connectivity index (χ0) is 18.3. The number of esters is 1. The number of benzene rings is 2. The summed E-state index contributed by atoms with van der Waals surface area (Å²) >= 11 is 0. The first-order valence-electron chi connectivity index (χ1n) is 8.48. The van der Waals surface area contributed by atoms with Crippen LogP contribution in [0.5, 0.6) is 0 Å². The van der Waals surface area contributed by atoms with E-state index in [1.807, 2.05) is 25.1 Å². The van der Waals surface area contributed by atoms with Gasteiger partial charge in [-0.05, 0) is 43.0 Å². The van der Waals surface area contributed by atoms with Gasteiger partial charge in [-0.25, -0.2) is 4.39 Å². The van der Waals surface area contributed by atoms with E-state index >= 15 is 0 Å². The van der Waals surface area contributed by atoms with Crippen LogP contribution >= 0.6 is 0 Å². The molecule has 4 rings (SSSR count). The average molecular weight is 352 g/mol. The van der Waals surface area contributed by atoms with Crippen LogP contribution < -0.4 is 0 Å². The summed E-state index contributed by atoms with van der Waals surface area (Å²) in [6, 6.07) is 13.5. The second-order valence-electron chi connectivity index (χ2n) is 6.58. The molecule has 1 heterocycles. The van der Waals surface area contributed by atoms with Crippen LogP contribution in [0.3, 0.4) is 0 Å². The molecule has 1 aromatic heterocycles. The Balaban J connectivity index is 1.38. The molecule has 0 amide bonds. The Labute approximate surface area is 149 Å². The van der Waals surface area contributed by atoms with Gasteiger partial charge in [0, 0.05) is 10.9 Å². The summed E-state index contributed by atoms with van der Waals surface area (Å²) in [5, 5.41) is 0.876. The van der Waals surface area contributed by atoms with Crippen molar-refractivity contribution in [3.63, 3.8) is 0 Å². The monoisotopic (exact) mass is 352 g/mol. The molecule has 0 N–H and O–H groups in total. The van der Waals surface area contributed by atoms with Crippen LogP contribution in [0.2, 0.25) is 0 Å². The number of hydrogen-bond donors (Lipinski definition) is 0. The normalized spacial score (nSPS) is 18.7. The highest BCUT2D eigenvalue weighted by Crippen LogP contribution is 2.48. The standard InChI is InChI=1S/C21H17FO4/c1-12-15-4-2-3-5-19(15)26-20(12)18(23)11-25-21(24)17-10-16(17)13-6-8-14(22)9-7-13/h2-9,16-17H,10-11H2,1H3. The highest BCUT2D eigenvalue weighted by atomic mass is 19.1. The van der Waals surface area contributed by atoms with Gasteiger partial charge in [0.25, 0.3) is 0 Å². The summed E-state index contributed by atoms with van der Waals surface area (Å²) in [6.45, 7) is 1.47. The van der Waals surface area contributed by atoms with E-state index in [-0.39, 0.29) is 35.8 Å². The lowest BCUT2D eigenvalue weighted by Gasteiger charge is -2.04. The maximum atomic E-state index is 13.0. The summed E-state index contributed by atoms with van der Waals surface area (Å²) in [6.07, 6.45) is 0.655. The minimum Gasteiger partial charge on any atom is -0.457 e. The quantitative estimate of drug-likeness (QED) is 0.504. The van der Waals surface area contributed by atoms with E-state index in [1.54, 1.807) is 18.2 Å². The number of ether oxygens (including phenoxy) is 1. The second kappa shape index (κ2) is 6.41. The van der Waals surface area contributed by atoms with E-state index in [4.69, 9.17) is 9.15 Å². The number of carbonyl (C=O) groups is 2. The number of carbonyl (C=O) groups excluding carboxylic acids is 2. The summed E-state index contributed by atoms with van der Waals surface area (Å²) in [5.74, 6) is -1.08. The number of hydrogen-bond acceptors (Lipinski definition) is 4. The fourth-order valence-electron chi connectivity index (χ4n) is 3.28. The molecular formula is C21H17FO4. The van der Waals surface area contributed by atoms with Crippen molar-refractivity contribution < 1.29 is 23.1 Å². The first-order chi connectivity index (χ1) is 12.5. The van der Waals surface area contributed by atoms with Crippen molar-refractivity contribution in [3.05, 3.63) is 71.2 Å². The van der Waals surface area contributed by atoms with Gasteiger partial charge in [0.2, 0.25) is 5.78 Å². The molecular weight excluding hydrogens is 335 g/mol. The van der Waals surface area contributed by atoms with Crippen molar-refractivity contribution in [3.8, 4) is 0 Å². The van der Waals surface area contributed by atoms with Gasteiger partial charge in [-0.3, -0.25) is 9.59 Å². The molecule has 2 aromatic carbocycles. The van der Waals surface area contributed by atoms with Gasteiger partial charge in [-0.2, -0.15) is 0 Å². The Morgan fingerprint density at radius 1 is 1.15 bits per heavy atom. The lowest BCUT2D eigenvalue weighted by molar-refractivity contribution is -0.144. The Morgan fingerprint density at radius 3 is 2.62 bits per heavy atom. The number of Topliss-reactive ketones (excluding diaryl/α,β-unsaturated/α-hetero) is 1. The van der Waals surface area contributed by atoms with Crippen molar-refractivity contribution >= 4 is 22.7 Å². The first-order valence-corrected chi connectivity index (χ1v) is 8.48. The number of fused-ring (bicyclic) bond motifs is 1. The van der Waals surface area contributed by atoms with Crippen molar-refractivity contribution in [1.29, 1.82) is 0 Å². The van der Waals surface area contributed by atoms with Crippen LogP contribution in [0.4, 0.5) is 4.39 Å². The van der Waals surface area contributed by atoms with E-state index in [0.29, 0.717) is 12.0 Å². The highest BCUT2D eigenvalue weighted by molar-refractivity contribution is 6.01. The zero-order valence-corrected chi connectivity index (χ0v) is 14.2. The number of para-hydroxylation sites is 1. The maximum absolute atomic E-state index is 13.0. The van der Waals surface area contributed by atoms with Gasteiger partial charge in [0.15, 0.2) is 12.4 Å². The van der Waals surface area contributed by atoms with Crippen LogP contribution in [-0.2, 0) is 9.53 Å². The Hall–Kier alpha value is -2.95. The first kappa shape index (κ1) is 16.5. The fraction of sp³-hybridized carbons (Fsp3) is 0.238. The zero-order valence-electron chi connectivity index (χ0n) is 14.2. The molecule has 5 heteroatoms. The maximum Gasteiger partial charge on any atom is 0.310 e. The Kier molecular flexibility index (Phi) is 4.07. The molecule has 2 unspecified atom stereocenters. The summed E-state index contributed by atoms with van der Waals surface area (Å²) in [7, 11) is 0. The molecule has 4 nitrogen and oxygen atoms in total. The molecule has 1 aliphatic rings. The summed E-state index contributed by atoms with van der Waals surface area (Å²) in [4.78, 5) is 24.5. The van der Waals surface area contributed by atoms with E-state index < -0.39 is 5.97 Å². The summed E-state index contributed by atoms with van der Waals surface area (Å²) in [5.41, 5.74) is 2.29. The third-order valence-electron chi connectivity index (χ3n) is 4.83. The topological polar surface area (TPSA) is 56.5 Å². The number of aryl methyl sites for hydroxylation is 1. The largest absolute Gasteiger partial charge is 0.457 e. The van der Waals surface area contributed by atoms with Crippen molar-refractivity contribution in [1.82, 2.24) is 0 Å². The van der Waals surface area contributed by atoms with Crippen LogP contribution in [0.25, 0.3) is 11.0 Å². The highest BCUT2D eigenvalue weighted by Gasteiger charge is 2.45. The third-order valence-corrected chi connectivity index (χ3v) is 4.83. The van der Waals surface area contributed by atoms with Gasteiger partial charge < -0.3 is 9.15 Å². The predicted molar refractivity (Wildman–Crippen MR) is 93.5 cm³/mol. The number of ketones is 1. The molecule has 1 saturated carbocycles. The van der Waals surface area contributed by atoms with E-state index in [0.717, 1.165) is 16.5 Å². The van der Waals surface area contributed by atoms with Crippen LogP contribution in [0, 0.1) is 18.7 Å². The number of rotatable bonds is 5. The molecule has 0 aliphatic heterocycles. The summed E-state index contributed by atoms with van der Waals surface area (Å²) < 4.78 is 23.7. The molecule has 0 spiro atoms.